The van der Waals surface area contributed by atoms with E-state index in [4.69, 9.17) is 17.4 Å². The van der Waals surface area contributed by atoms with E-state index in [9.17, 15) is 0 Å². The van der Waals surface area contributed by atoms with Crippen molar-refractivity contribution < 1.29 is 0 Å². The summed E-state index contributed by atoms with van der Waals surface area (Å²) in [6.07, 6.45) is 0. The van der Waals surface area contributed by atoms with Gasteiger partial charge >= 0.3 is 0 Å². The summed E-state index contributed by atoms with van der Waals surface area (Å²) in [6, 6.07) is 7.70. The van der Waals surface area contributed by atoms with Gasteiger partial charge in [-0.2, -0.15) is 0 Å². The number of rotatable bonds is 4. The van der Waals surface area contributed by atoms with Gasteiger partial charge in [0.2, 0.25) is 0 Å². The van der Waals surface area contributed by atoms with Crippen molar-refractivity contribution in [2.45, 2.75) is 10.6 Å². The Morgan fingerprint density at radius 2 is 2.38 bits per heavy atom. The number of nitrogen functional groups attached to an aromatic ring is 1. The summed E-state index contributed by atoms with van der Waals surface area (Å²) in [5.41, 5.74) is 3.44. The second-order valence-corrected chi connectivity index (χ2v) is 5.18. The van der Waals surface area contributed by atoms with Gasteiger partial charge in [0.1, 0.15) is 10.7 Å². The lowest BCUT2D eigenvalue weighted by Crippen LogP contribution is -2.06. The quantitative estimate of drug-likeness (QED) is 0.509. The van der Waals surface area contributed by atoms with Crippen LogP contribution < -0.4 is 11.3 Å². The van der Waals surface area contributed by atoms with Crippen LogP contribution in [0.2, 0.25) is 5.02 Å². The second-order valence-electron chi connectivity index (χ2n) is 2.94. The number of aromatic nitrogens is 2. The van der Waals surface area contributed by atoms with Crippen LogP contribution in [-0.4, -0.2) is 9.59 Å². The van der Waals surface area contributed by atoms with E-state index in [0.717, 1.165) is 26.4 Å². The lowest BCUT2D eigenvalue weighted by Gasteiger charge is -2.01. The van der Waals surface area contributed by atoms with Gasteiger partial charge in [0.25, 0.3) is 0 Å². The molecule has 0 saturated heterocycles. The van der Waals surface area contributed by atoms with Crippen LogP contribution in [0.4, 0.5) is 5.00 Å². The zero-order valence-corrected chi connectivity index (χ0v) is 10.6. The van der Waals surface area contributed by atoms with Gasteiger partial charge in [0.05, 0.1) is 0 Å². The molecule has 0 radical (unpaired) electrons. The normalized spacial score (nSPS) is 10.4. The van der Waals surface area contributed by atoms with Gasteiger partial charge in [0.15, 0.2) is 0 Å². The van der Waals surface area contributed by atoms with Crippen LogP contribution in [0.1, 0.15) is 5.69 Å². The van der Waals surface area contributed by atoms with E-state index in [0.29, 0.717) is 0 Å². The number of hydrazine groups is 1. The lowest BCUT2D eigenvalue weighted by atomic mass is 10.4. The molecule has 0 spiro atoms. The van der Waals surface area contributed by atoms with Crippen molar-refractivity contribution in [3.8, 4) is 0 Å². The third kappa shape index (κ3) is 2.85. The minimum atomic E-state index is 0.719. The van der Waals surface area contributed by atoms with Crippen molar-refractivity contribution in [2.24, 2.45) is 5.84 Å². The summed E-state index contributed by atoms with van der Waals surface area (Å²) < 4.78 is 3.83. The average molecular weight is 273 g/mol. The highest BCUT2D eigenvalue weighted by atomic mass is 35.5. The van der Waals surface area contributed by atoms with Crippen LogP contribution >= 0.6 is 34.9 Å². The number of nitrogens with one attached hydrogen (secondary N) is 1. The largest absolute Gasteiger partial charge is 0.313 e. The Balaban J connectivity index is 2.02. The van der Waals surface area contributed by atoms with Crippen molar-refractivity contribution >= 4 is 39.9 Å². The van der Waals surface area contributed by atoms with E-state index in [1.54, 1.807) is 11.8 Å². The fourth-order valence-electron chi connectivity index (χ4n) is 1.12. The predicted octanol–water partition coefficient (Wildman–Crippen LogP) is 2.77. The molecule has 2 aromatic rings. The summed E-state index contributed by atoms with van der Waals surface area (Å²) in [5.74, 6) is 6.06. The molecule has 0 aliphatic heterocycles. The number of anilines is 1. The molecular formula is C9H9ClN4S2. The predicted molar refractivity (Wildman–Crippen MR) is 68.7 cm³/mol. The standard InChI is InChI=1S/C9H9ClN4S2/c10-6-2-1-3-7(4-6)15-5-8-9(12-11)16-14-13-8/h1-4,12H,5,11H2. The minimum absolute atomic E-state index is 0.719. The first-order valence-corrected chi connectivity index (χ1v) is 6.59. The van der Waals surface area contributed by atoms with E-state index in [1.165, 1.54) is 11.5 Å². The minimum Gasteiger partial charge on any atom is -0.313 e. The Kier molecular flexibility index (Phi) is 4.00. The molecule has 84 valence electrons. The number of thioether (sulfide) groups is 1. The van der Waals surface area contributed by atoms with Crippen molar-refractivity contribution in [3.63, 3.8) is 0 Å². The molecule has 0 bridgehead atoms. The molecule has 4 nitrogen and oxygen atoms in total. The van der Waals surface area contributed by atoms with E-state index in [-0.39, 0.29) is 0 Å². The summed E-state index contributed by atoms with van der Waals surface area (Å²) in [7, 11) is 0. The van der Waals surface area contributed by atoms with E-state index in [2.05, 4.69) is 15.0 Å². The van der Waals surface area contributed by atoms with Gasteiger partial charge in [0, 0.05) is 27.2 Å². The molecule has 3 N–H and O–H groups in total. The maximum Gasteiger partial charge on any atom is 0.148 e. The van der Waals surface area contributed by atoms with Crippen LogP contribution in [0.5, 0.6) is 0 Å². The van der Waals surface area contributed by atoms with E-state index < -0.39 is 0 Å². The van der Waals surface area contributed by atoms with Gasteiger partial charge in [-0.15, -0.1) is 16.9 Å². The summed E-state index contributed by atoms with van der Waals surface area (Å²) in [5, 5.41) is 5.53. The molecule has 2 rings (SSSR count). The van der Waals surface area contributed by atoms with Crippen LogP contribution in [0.15, 0.2) is 29.2 Å². The Morgan fingerprint density at radius 1 is 1.50 bits per heavy atom. The number of halogens is 1. The van der Waals surface area contributed by atoms with Crippen LogP contribution in [-0.2, 0) is 5.75 Å². The number of hydrogen-bond acceptors (Lipinski definition) is 6. The number of benzene rings is 1. The lowest BCUT2D eigenvalue weighted by molar-refractivity contribution is 1.07. The summed E-state index contributed by atoms with van der Waals surface area (Å²) in [6.45, 7) is 0. The maximum absolute atomic E-state index is 5.89. The molecule has 0 aliphatic rings. The molecule has 0 fully saturated rings. The van der Waals surface area contributed by atoms with Crippen molar-refractivity contribution in [3.05, 3.63) is 35.0 Å². The second kappa shape index (κ2) is 5.49. The highest BCUT2D eigenvalue weighted by Gasteiger charge is 2.06. The van der Waals surface area contributed by atoms with Gasteiger partial charge in [-0.1, -0.05) is 22.2 Å². The Hall–Kier alpha value is -0.820. The molecule has 0 amide bonds. The van der Waals surface area contributed by atoms with Crippen LogP contribution in [0, 0.1) is 0 Å². The third-order valence-electron chi connectivity index (χ3n) is 1.86. The Bertz CT molecular complexity index is 474. The molecule has 1 aromatic carbocycles. The molecule has 0 saturated carbocycles. The summed E-state index contributed by atoms with van der Waals surface area (Å²) in [4.78, 5) is 1.10. The third-order valence-corrected chi connectivity index (χ3v) is 3.80. The van der Waals surface area contributed by atoms with Crippen molar-refractivity contribution in [1.82, 2.24) is 9.59 Å². The first-order valence-electron chi connectivity index (χ1n) is 4.46. The van der Waals surface area contributed by atoms with E-state index in [1.807, 2.05) is 24.3 Å². The van der Waals surface area contributed by atoms with Crippen LogP contribution in [0.3, 0.4) is 0 Å². The molecule has 0 unspecified atom stereocenters. The molecule has 0 atom stereocenters. The molecule has 0 aliphatic carbocycles. The van der Waals surface area contributed by atoms with Gasteiger partial charge in [-0.25, -0.2) is 5.84 Å². The molecule has 16 heavy (non-hydrogen) atoms. The van der Waals surface area contributed by atoms with Crippen molar-refractivity contribution in [2.75, 3.05) is 5.43 Å². The monoisotopic (exact) mass is 272 g/mol. The molecule has 7 heteroatoms. The zero-order valence-electron chi connectivity index (χ0n) is 8.18. The number of hydrogen-bond donors (Lipinski definition) is 2. The zero-order chi connectivity index (χ0) is 11.4. The Labute approximate surface area is 106 Å². The maximum atomic E-state index is 5.89. The molecule has 1 aromatic heterocycles. The number of nitrogens with zero attached hydrogens (tertiary/aromatic N) is 2. The fourth-order valence-corrected chi connectivity index (χ4v) is 2.85. The summed E-state index contributed by atoms with van der Waals surface area (Å²) >= 11 is 8.79. The van der Waals surface area contributed by atoms with Crippen molar-refractivity contribution in [1.29, 1.82) is 0 Å². The van der Waals surface area contributed by atoms with Crippen LogP contribution in [0.25, 0.3) is 0 Å². The average Bonchev–Trinajstić information content (AvgIpc) is 2.74. The molecule has 1 heterocycles. The SMILES string of the molecule is NNc1snnc1CSc1cccc(Cl)c1. The van der Waals surface area contributed by atoms with E-state index >= 15 is 0 Å². The molecular weight excluding hydrogens is 264 g/mol. The van der Waals surface area contributed by atoms with Gasteiger partial charge in [-0.05, 0) is 18.2 Å². The number of nitrogens with two attached hydrogens (primary N) is 1. The van der Waals surface area contributed by atoms with Gasteiger partial charge < -0.3 is 5.43 Å². The Morgan fingerprint density at radius 3 is 3.12 bits per heavy atom. The highest BCUT2D eigenvalue weighted by Crippen LogP contribution is 2.28. The highest BCUT2D eigenvalue weighted by molar-refractivity contribution is 7.98. The smallest absolute Gasteiger partial charge is 0.148 e. The first-order chi connectivity index (χ1) is 7.79. The fraction of sp³-hybridized carbons (Fsp3) is 0.111. The topological polar surface area (TPSA) is 63.8 Å². The first kappa shape index (κ1) is 11.7. The van der Waals surface area contributed by atoms with Gasteiger partial charge in [-0.3, -0.25) is 0 Å².